The van der Waals surface area contributed by atoms with Crippen molar-refractivity contribution in [3.8, 4) is 17.2 Å². The second-order valence-corrected chi connectivity index (χ2v) is 7.66. The van der Waals surface area contributed by atoms with Crippen molar-refractivity contribution in [2.75, 3.05) is 0 Å². The van der Waals surface area contributed by atoms with Gasteiger partial charge in [-0.3, -0.25) is 9.71 Å². The van der Waals surface area contributed by atoms with Gasteiger partial charge in [0.05, 0.1) is 11.6 Å². The summed E-state index contributed by atoms with van der Waals surface area (Å²) in [7, 11) is 0. The van der Waals surface area contributed by atoms with Crippen molar-refractivity contribution in [1.82, 2.24) is 9.71 Å². The molecule has 3 aromatic rings. The molecular weight excluding hydrogens is 407 g/mol. The zero-order valence-corrected chi connectivity index (χ0v) is 17.1. The second kappa shape index (κ2) is 9.79. The third-order valence-corrected chi connectivity index (χ3v) is 5.65. The molecule has 0 spiro atoms. The van der Waals surface area contributed by atoms with Gasteiger partial charge >= 0.3 is 6.18 Å². The minimum Gasteiger partial charge on any atom is -0.264 e. The summed E-state index contributed by atoms with van der Waals surface area (Å²) in [4.78, 5) is 4.22. The van der Waals surface area contributed by atoms with Gasteiger partial charge in [-0.2, -0.15) is 18.4 Å². The van der Waals surface area contributed by atoms with E-state index in [1.807, 2.05) is 37.3 Å². The number of benzene rings is 2. The smallest absolute Gasteiger partial charge is 0.264 e. The Morgan fingerprint density at radius 2 is 1.93 bits per heavy atom. The number of nitrogens with zero attached hydrogens (tertiary/aromatic N) is 2. The van der Waals surface area contributed by atoms with E-state index in [0.717, 1.165) is 40.3 Å². The lowest BCUT2D eigenvalue weighted by molar-refractivity contribution is -0.139. The summed E-state index contributed by atoms with van der Waals surface area (Å²) in [5.41, 5.74) is 3.31. The van der Waals surface area contributed by atoms with E-state index >= 15 is 0 Å². The minimum absolute atomic E-state index is 0.105. The van der Waals surface area contributed by atoms with Crippen LogP contribution in [-0.4, -0.2) is 4.98 Å². The van der Waals surface area contributed by atoms with E-state index in [4.69, 9.17) is 5.26 Å². The monoisotopic (exact) mass is 427 g/mol. The summed E-state index contributed by atoms with van der Waals surface area (Å²) in [5, 5.41) is 9.03. The molecule has 1 N–H and O–H groups in total. The number of hydrogen-bond donors (Lipinski definition) is 1. The van der Waals surface area contributed by atoms with Crippen molar-refractivity contribution >= 4 is 11.9 Å². The Hall–Kier alpha value is -2.82. The SMILES string of the molecule is Cc1cnccc1-c1cccc(C(CCC#N)NSc2ccccc2C(F)(F)F)c1. The minimum atomic E-state index is -4.42. The lowest BCUT2D eigenvalue weighted by Crippen LogP contribution is -2.16. The fourth-order valence-electron chi connectivity index (χ4n) is 3.15. The summed E-state index contributed by atoms with van der Waals surface area (Å²) in [6, 6.07) is 17.1. The maximum atomic E-state index is 13.3. The molecule has 3 nitrogen and oxygen atoms in total. The molecule has 7 heteroatoms. The molecule has 0 saturated heterocycles. The maximum Gasteiger partial charge on any atom is 0.417 e. The van der Waals surface area contributed by atoms with Gasteiger partial charge in [-0.1, -0.05) is 30.3 Å². The van der Waals surface area contributed by atoms with Crippen LogP contribution >= 0.6 is 11.9 Å². The number of rotatable bonds is 7. The third-order valence-electron chi connectivity index (χ3n) is 4.67. The van der Waals surface area contributed by atoms with Crippen molar-refractivity contribution in [3.63, 3.8) is 0 Å². The number of nitrogens with one attached hydrogen (secondary N) is 1. The summed E-state index contributed by atoms with van der Waals surface area (Å²) in [6.07, 6.45) is -0.137. The summed E-state index contributed by atoms with van der Waals surface area (Å²) in [5.74, 6) is 0. The number of aromatic nitrogens is 1. The molecule has 0 fully saturated rings. The van der Waals surface area contributed by atoms with Crippen LogP contribution in [0.2, 0.25) is 0 Å². The van der Waals surface area contributed by atoms with Crippen LogP contribution < -0.4 is 4.72 Å². The molecule has 2 aromatic carbocycles. The highest BCUT2D eigenvalue weighted by molar-refractivity contribution is 7.97. The zero-order chi connectivity index (χ0) is 21.6. The first-order valence-electron chi connectivity index (χ1n) is 9.36. The lowest BCUT2D eigenvalue weighted by atomic mass is 9.96. The molecular formula is C23H20F3N3S. The Kier molecular flexibility index (Phi) is 7.14. The first-order valence-corrected chi connectivity index (χ1v) is 10.2. The number of hydrogen-bond acceptors (Lipinski definition) is 4. The van der Waals surface area contributed by atoms with Crippen LogP contribution in [0.1, 0.15) is 35.6 Å². The zero-order valence-electron chi connectivity index (χ0n) is 16.3. The molecule has 0 radical (unpaired) electrons. The number of pyridine rings is 1. The van der Waals surface area contributed by atoms with Crippen molar-refractivity contribution < 1.29 is 13.2 Å². The Morgan fingerprint density at radius 1 is 1.13 bits per heavy atom. The molecule has 1 aromatic heterocycles. The number of nitriles is 1. The van der Waals surface area contributed by atoms with Crippen LogP contribution in [0.3, 0.4) is 0 Å². The molecule has 1 unspecified atom stereocenters. The fraction of sp³-hybridized carbons (Fsp3) is 0.217. The van der Waals surface area contributed by atoms with E-state index in [1.54, 1.807) is 18.5 Å². The second-order valence-electron chi connectivity index (χ2n) is 6.78. The predicted octanol–water partition coefficient (Wildman–Crippen LogP) is 6.72. The standard InChI is InChI=1S/C23H20F3N3S/c1-16-15-28-13-11-19(16)17-6-4-7-18(14-17)21(9-5-12-27)29-30-22-10-3-2-8-20(22)23(24,25)26/h2-4,6-8,10-11,13-15,21,29H,5,9H2,1H3. The van der Waals surface area contributed by atoms with Gasteiger partial charge in [-0.25, -0.2) is 0 Å². The summed E-state index contributed by atoms with van der Waals surface area (Å²) >= 11 is 0.943. The Bertz CT molecular complexity index is 1040. The summed E-state index contributed by atoms with van der Waals surface area (Å²) < 4.78 is 43.0. The van der Waals surface area contributed by atoms with Gasteiger partial charge in [-0.05, 0) is 71.8 Å². The highest BCUT2D eigenvalue weighted by Crippen LogP contribution is 2.37. The van der Waals surface area contributed by atoms with Crippen molar-refractivity contribution in [1.29, 1.82) is 5.26 Å². The molecule has 30 heavy (non-hydrogen) atoms. The van der Waals surface area contributed by atoms with Crippen LogP contribution in [-0.2, 0) is 6.18 Å². The van der Waals surface area contributed by atoms with Crippen molar-refractivity contribution in [2.45, 2.75) is 36.9 Å². The van der Waals surface area contributed by atoms with Crippen LogP contribution in [0.25, 0.3) is 11.1 Å². The number of aryl methyl sites for hydroxylation is 1. The van der Waals surface area contributed by atoms with Crippen LogP contribution in [0.5, 0.6) is 0 Å². The van der Waals surface area contributed by atoms with Gasteiger partial charge in [0.1, 0.15) is 0 Å². The van der Waals surface area contributed by atoms with Crippen LogP contribution in [0.4, 0.5) is 13.2 Å². The van der Waals surface area contributed by atoms with E-state index in [0.29, 0.717) is 6.42 Å². The Labute approximate surface area is 178 Å². The van der Waals surface area contributed by atoms with Crippen LogP contribution in [0.15, 0.2) is 71.9 Å². The van der Waals surface area contributed by atoms with E-state index < -0.39 is 11.7 Å². The average molecular weight is 427 g/mol. The molecule has 0 bridgehead atoms. The molecule has 1 atom stereocenters. The van der Waals surface area contributed by atoms with Crippen molar-refractivity contribution in [3.05, 3.63) is 83.7 Å². The Balaban J connectivity index is 1.87. The van der Waals surface area contributed by atoms with Crippen LogP contribution in [0, 0.1) is 18.3 Å². The molecule has 0 saturated carbocycles. The van der Waals surface area contributed by atoms with Crippen molar-refractivity contribution in [2.24, 2.45) is 0 Å². The molecule has 0 aliphatic rings. The third kappa shape index (κ3) is 5.41. The molecule has 0 aliphatic heterocycles. The van der Waals surface area contributed by atoms with Gasteiger partial charge in [0.25, 0.3) is 0 Å². The molecule has 0 aliphatic carbocycles. The molecule has 1 heterocycles. The summed E-state index contributed by atoms with van der Waals surface area (Å²) in [6.45, 7) is 1.98. The topological polar surface area (TPSA) is 48.7 Å². The number of alkyl halides is 3. The quantitative estimate of drug-likeness (QED) is 0.425. The molecule has 3 rings (SSSR count). The van der Waals surface area contributed by atoms with E-state index in [9.17, 15) is 13.2 Å². The lowest BCUT2D eigenvalue weighted by Gasteiger charge is -2.20. The maximum absolute atomic E-state index is 13.3. The molecule has 0 amide bonds. The first-order chi connectivity index (χ1) is 14.4. The highest BCUT2D eigenvalue weighted by atomic mass is 32.2. The first kappa shape index (κ1) is 21.9. The fourth-order valence-corrected chi connectivity index (χ4v) is 4.11. The van der Waals surface area contributed by atoms with E-state index in [1.165, 1.54) is 12.1 Å². The van der Waals surface area contributed by atoms with Gasteiger partial charge in [0.2, 0.25) is 0 Å². The average Bonchev–Trinajstić information content (AvgIpc) is 2.74. The predicted molar refractivity (Wildman–Crippen MR) is 112 cm³/mol. The van der Waals surface area contributed by atoms with Gasteiger partial charge in [-0.15, -0.1) is 0 Å². The van der Waals surface area contributed by atoms with Gasteiger partial charge in [0.15, 0.2) is 0 Å². The normalized spacial score (nSPS) is 12.4. The highest BCUT2D eigenvalue weighted by Gasteiger charge is 2.33. The van der Waals surface area contributed by atoms with E-state index in [2.05, 4.69) is 15.8 Å². The Morgan fingerprint density at radius 3 is 2.67 bits per heavy atom. The van der Waals surface area contributed by atoms with Gasteiger partial charge < -0.3 is 0 Å². The largest absolute Gasteiger partial charge is 0.417 e. The van der Waals surface area contributed by atoms with Gasteiger partial charge in [0, 0.05) is 29.8 Å². The van der Waals surface area contributed by atoms with E-state index in [-0.39, 0.29) is 17.4 Å². The number of halogens is 3. The molecule has 154 valence electrons.